The summed E-state index contributed by atoms with van der Waals surface area (Å²) in [5.41, 5.74) is 2.22. The molecule has 0 aliphatic heterocycles. The van der Waals surface area contributed by atoms with Gasteiger partial charge in [0, 0.05) is 35.9 Å². The van der Waals surface area contributed by atoms with E-state index in [9.17, 15) is 0 Å². The highest BCUT2D eigenvalue weighted by molar-refractivity contribution is 5.97. The Labute approximate surface area is 118 Å². The van der Waals surface area contributed by atoms with Gasteiger partial charge in [0.25, 0.3) is 0 Å². The van der Waals surface area contributed by atoms with Crippen molar-refractivity contribution in [1.29, 1.82) is 0 Å². The Morgan fingerprint density at radius 3 is 2.45 bits per heavy atom. The Hall–Kier alpha value is -2.55. The lowest BCUT2D eigenvalue weighted by Crippen LogP contribution is -1.97. The smallest absolute Gasteiger partial charge is 0.127 e. The van der Waals surface area contributed by atoms with Crippen LogP contribution in [-0.4, -0.2) is 12.0 Å². The predicted octanol–water partition coefficient (Wildman–Crippen LogP) is 3.86. The van der Waals surface area contributed by atoms with E-state index in [1.54, 1.807) is 12.4 Å². The predicted molar refractivity (Wildman–Crippen MR) is 82.1 cm³/mol. The molecule has 20 heavy (non-hydrogen) atoms. The average Bonchev–Trinajstić information content (AvgIpc) is 2.53. The molecule has 100 valence electrons. The van der Waals surface area contributed by atoms with E-state index in [2.05, 4.69) is 22.4 Å². The Morgan fingerprint density at radius 1 is 0.950 bits per heavy atom. The summed E-state index contributed by atoms with van der Waals surface area (Å²) >= 11 is 0. The number of fused-ring (bicyclic) bond motifs is 1. The summed E-state index contributed by atoms with van der Waals surface area (Å²) in [6, 6.07) is 16.2. The van der Waals surface area contributed by atoms with Gasteiger partial charge in [-0.3, -0.25) is 4.98 Å². The lowest BCUT2D eigenvalue weighted by Gasteiger charge is -2.12. The van der Waals surface area contributed by atoms with Crippen LogP contribution in [0.15, 0.2) is 60.9 Å². The van der Waals surface area contributed by atoms with Gasteiger partial charge in [-0.2, -0.15) is 0 Å². The van der Waals surface area contributed by atoms with Crippen LogP contribution in [0.5, 0.6) is 5.75 Å². The molecule has 0 radical (unpaired) electrons. The van der Waals surface area contributed by atoms with Gasteiger partial charge in [-0.25, -0.2) is 0 Å². The fraction of sp³-hybridized carbons (Fsp3) is 0.118. The molecule has 0 saturated heterocycles. The molecule has 3 rings (SSSR count). The third-order valence-electron chi connectivity index (χ3n) is 3.30. The van der Waals surface area contributed by atoms with Crippen molar-refractivity contribution >= 4 is 16.5 Å². The van der Waals surface area contributed by atoms with Crippen LogP contribution in [0, 0.1) is 0 Å². The maximum Gasteiger partial charge on any atom is 0.127 e. The van der Waals surface area contributed by atoms with E-state index in [1.165, 1.54) is 5.39 Å². The largest absolute Gasteiger partial charge is 0.488 e. The minimum Gasteiger partial charge on any atom is -0.488 e. The van der Waals surface area contributed by atoms with Crippen molar-refractivity contribution in [3.63, 3.8) is 0 Å². The molecule has 0 fully saturated rings. The van der Waals surface area contributed by atoms with Crippen LogP contribution in [0.4, 0.5) is 5.69 Å². The molecule has 0 spiro atoms. The molecule has 1 N–H and O–H groups in total. The Kier molecular flexibility index (Phi) is 3.50. The van der Waals surface area contributed by atoms with Crippen molar-refractivity contribution in [2.45, 2.75) is 6.61 Å². The van der Waals surface area contributed by atoms with Crippen molar-refractivity contribution in [2.24, 2.45) is 0 Å². The third-order valence-corrected chi connectivity index (χ3v) is 3.30. The summed E-state index contributed by atoms with van der Waals surface area (Å²) in [4.78, 5) is 4.01. The summed E-state index contributed by atoms with van der Waals surface area (Å²) in [7, 11) is 1.93. The molecule has 3 aromatic rings. The van der Waals surface area contributed by atoms with Crippen LogP contribution >= 0.6 is 0 Å². The minimum atomic E-state index is 0.547. The molecule has 3 nitrogen and oxygen atoms in total. The summed E-state index contributed by atoms with van der Waals surface area (Å²) in [5, 5.41) is 5.49. The molecule has 0 saturated carbocycles. The maximum atomic E-state index is 5.95. The lowest BCUT2D eigenvalue weighted by atomic mass is 10.1. The second kappa shape index (κ2) is 5.61. The summed E-state index contributed by atoms with van der Waals surface area (Å²) in [5.74, 6) is 0.899. The second-order valence-electron chi connectivity index (χ2n) is 4.55. The zero-order valence-electron chi connectivity index (χ0n) is 11.3. The van der Waals surface area contributed by atoms with E-state index in [0.717, 1.165) is 22.4 Å². The second-order valence-corrected chi connectivity index (χ2v) is 4.55. The van der Waals surface area contributed by atoms with Crippen LogP contribution in [-0.2, 0) is 6.61 Å². The monoisotopic (exact) mass is 264 g/mol. The van der Waals surface area contributed by atoms with Gasteiger partial charge >= 0.3 is 0 Å². The summed E-state index contributed by atoms with van der Waals surface area (Å²) in [6.45, 7) is 0.547. The zero-order valence-corrected chi connectivity index (χ0v) is 11.3. The summed E-state index contributed by atoms with van der Waals surface area (Å²) in [6.07, 6.45) is 3.56. The number of hydrogen-bond donors (Lipinski definition) is 1. The number of benzene rings is 2. The Balaban J connectivity index is 1.92. The Bertz CT molecular complexity index is 711. The zero-order chi connectivity index (χ0) is 13.8. The molecule has 0 unspecified atom stereocenters. The highest BCUT2D eigenvalue weighted by Gasteiger charge is 2.05. The molecule has 0 aliphatic carbocycles. The maximum absolute atomic E-state index is 5.95. The van der Waals surface area contributed by atoms with Gasteiger partial charge < -0.3 is 10.1 Å². The van der Waals surface area contributed by atoms with Crippen LogP contribution in [0.3, 0.4) is 0 Å². The number of rotatable bonds is 4. The van der Waals surface area contributed by atoms with E-state index in [0.29, 0.717) is 6.61 Å². The highest BCUT2D eigenvalue weighted by Crippen LogP contribution is 2.31. The standard InChI is InChI=1S/C17H16N2O/c1-18-16-6-7-17(15-5-3-2-4-14(15)16)20-12-13-8-10-19-11-9-13/h2-11,18H,12H2,1H3. The molecule has 0 aliphatic rings. The molecule has 0 bridgehead atoms. The van der Waals surface area contributed by atoms with Gasteiger partial charge in [0.2, 0.25) is 0 Å². The minimum absolute atomic E-state index is 0.547. The van der Waals surface area contributed by atoms with Gasteiger partial charge in [-0.05, 0) is 29.8 Å². The van der Waals surface area contributed by atoms with Crippen molar-refractivity contribution < 1.29 is 4.74 Å². The van der Waals surface area contributed by atoms with Crippen molar-refractivity contribution in [3.05, 3.63) is 66.5 Å². The molecule has 1 heterocycles. The first-order valence-corrected chi connectivity index (χ1v) is 6.59. The van der Waals surface area contributed by atoms with Crippen LogP contribution < -0.4 is 10.1 Å². The van der Waals surface area contributed by atoms with Gasteiger partial charge in [-0.15, -0.1) is 0 Å². The topological polar surface area (TPSA) is 34.1 Å². The number of aromatic nitrogens is 1. The first kappa shape index (κ1) is 12.5. The number of pyridine rings is 1. The first-order chi connectivity index (χ1) is 9.88. The number of ether oxygens (including phenoxy) is 1. The SMILES string of the molecule is CNc1ccc(OCc2ccncc2)c2ccccc12. The number of hydrogen-bond acceptors (Lipinski definition) is 3. The van der Waals surface area contributed by atoms with Gasteiger partial charge in [0.15, 0.2) is 0 Å². The van der Waals surface area contributed by atoms with Crippen LogP contribution in [0.2, 0.25) is 0 Å². The van der Waals surface area contributed by atoms with Crippen molar-refractivity contribution in [2.75, 3.05) is 12.4 Å². The molecule has 1 aromatic heterocycles. The third kappa shape index (κ3) is 2.43. The van der Waals surface area contributed by atoms with E-state index in [-0.39, 0.29) is 0 Å². The molecule has 0 amide bonds. The van der Waals surface area contributed by atoms with Crippen molar-refractivity contribution in [1.82, 2.24) is 4.98 Å². The van der Waals surface area contributed by atoms with Gasteiger partial charge in [0.05, 0.1) is 0 Å². The highest BCUT2D eigenvalue weighted by atomic mass is 16.5. The van der Waals surface area contributed by atoms with E-state index >= 15 is 0 Å². The first-order valence-electron chi connectivity index (χ1n) is 6.59. The molecule has 2 aromatic carbocycles. The van der Waals surface area contributed by atoms with Crippen molar-refractivity contribution in [3.8, 4) is 5.75 Å². The summed E-state index contributed by atoms with van der Waals surface area (Å²) < 4.78 is 5.95. The van der Waals surface area contributed by atoms with Crippen LogP contribution in [0.1, 0.15) is 5.56 Å². The van der Waals surface area contributed by atoms with E-state index in [1.807, 2.05) is 43.4 Å². The van der Waals surface area contributed by atoms with Crippen LogP contribution in [0.25, 0.3) is 10.8 Å². The molecular formula is C17H16N2O. The fourth-order valence-corrected chi connectivity index (χ4v) is 2.26. The number of anilines is 1. The fourth-order valence-electron chi connectivity index (χ4n) is 2.26. The molecule has 3 heteroatoms. The number of nitrogens with one attached hydrogen (secondary N) is 1. The number of nitrogens with zero attached hydrogens (tertiary/aromatic N) is 1. The quantitative estimate of drug-likeness (QED) is 0.777. The lowest BCUT2D eigenvalue weighted by molar-refractivity contribution is 0.310. The Morgan fingerprint density at radius 2 is 1.70 bits per heavy atom. The van der Waals surface area contributed by atoms with Gasteiger partial charge in [-0.1, -0.05) is 24.3 Å². The van der Waals surface area contributed by atoms with E-state index < -0.39 is 0 Å². The molecule has 0 atom stereocenters. The van der Waals surface area contributed by atoms with E-state index in [4.69, 9.17) is 4.74 Å². The normalized spacial score (nSPS) is 10.4. The van der Waals surface area contributed by atoms with Gasteiger partial charge in [0.1, 0.15) is 12.4 Å². The average molecular weight is 264 g/mol. The molecular weight excluding hydrogens is 248 g/mol.